The Morgan fingerprint density at radius 1 is 1.15 bits per heavy atom. The molecule has 0 radical (unpaired) electrons. The molecule has 3 aromatic rings. The van der Waals surface area contributed by atoms with Crippen LogP contribution in [0.5, 0.6) is 11.5 Å². The van der Waals surface area contributed by atoms with Gasteiger partial charge >= 0.3 is 0 Å². The molecule has 0 spiro atoms. The first-order valence-electron chi connectivity index (χ1n) is 10.2. The minimum atomic E-state index is -4.21. The molecule has 2 N–H and O–H groups in total. The predicted molar refractivity (Wildman–Crippen MR) is 130 cm³/mol. The van der Waals surface area contributed by atoms with E-state index in [0.717, 1.165) is 27.1 Å². The zero-order valence-electron chi connectivity index (χ0n) is 19.1. The molecule has 1 amide bonds. The summed E-state index contributed by atoms with van der Waals surface area (Å²) in [5.41, 5.74) is 1.82. The zero-order valence-corrected chi connectivity index (χ0v) is 20.7. The lowest BCUT2D eigenvalue weighted by Crippen LogP contribution is -2.38. The van der Waals surface area contributed by atoms with E-state index >= 15 is 0 Å². The summed E-state index contributed by atoms with van der Waals surface area (Å²) in [6.07, 6.45) is 0. The number of methoxy groups -OCH3 is 2. The van der Waals surface area contributed by atoms with Gasteiger partial charge in [0, 0.05) is 24.5 Å². The van der Waals surface area contributed by atoms with E-state index in [4.69, 9.17) is 9.47 Å². The molecule has 1 aromatic heterocycles. The van der Waals surface area contributed by atoms with Gasteiger partial charge < -0.3 is 20.1 Å². The van der Waals surface area contributed by atoms with Crippen LogP contribution in [0.4, 0.5) is 15.2 Å². The van der Waals surface area contributed by atoms with Crippen molar-refractivity contribution in [3.05, 3.63) is 47.6 Å². The van der Waals surface area contributed by atoms with Crippen LogP contribution in [-0.2, 0) is 14.8 Å². The first-order chi connectivity index (χ1) is 16.2. The van der Waals surface area contributed by atoms with Crippen molar-refractivity contribution in [1.82, 2.24) is 9.29 Å². The van der Waals surface area contributed by atoms with Gasteiger partial charge in [0.15, 0.2) is 5.13 Å². The second-order valence-electron chi connectivity index (χ2n) is 6.98. The first-order valence-corrected chi connectivity index (χ1v) is 12.5. The number of rotatable bonds is 10. The number of halogens is 1. The van der Waals surface area contributed by atoms with Gasteiger partial charge in [-0.25, -0.2) is 17.8 Å². The van der Waals surface area contributed by atoms with Crippen molar-refractivity contribution in [3.63, 3.8) is 0 Å². The number of thiazole rings is 1. The molecule has 0 aliphatic rings. The Labute approximate surface area is 201 Å². The molecule has 0 saturated heterocycles. The fourth-order valence-corrected chi connectivity index (χ4v) is 5.45. The maximum absolute atomic E-state index is 13.8. The fourth-order valence-electron chi connectivity index (χ4n) is 3.19. The van der Waals surface area contributed by atoms with Crippen LogP contribution in [-0.4, -0.2) is 58.0 Å². The van der Waals surface area contributed by atoms with Crippen molar-refractivity contribution < 1.29 is 27.1 Å². The zero-order chi connectivity index (χ0) is 24.9. The Morgan fingerprint density at radius 3 is 2.47 bits per heavy atom. The molecular formula is C22H25FN4O5S2. The second kappa shape index (κ2) is 10.8. The molecule has 3 rings (SSSR count). The third kappa shape index (κ3) is 5.46. The van der Waals surface area contributed by atoms with E-state index in [9.17, 15) is 17.6 Å². The van der Waals surface area contributed by atoms with E-state index < -0.39 is 28.3 Å². The van der Waals surface area contributed by atoms with Crippen molar-refractivity contribution >= 4 is 38.1 Å². The minimum absolute atomic E-state index is 0.0150. The van der Waals surface area contributed by atoms with E-state index in [2.05, 4.69) is 15.6 Å². The number of likely N-dealkylation sites (N-methyl/N-ethyl adjacent to an activating group) is 1. The van der Waals surface area contributed by atoms with Crippen molar-refractivity contribution in [3.8, 4) is 22.8 Å². The number of ether oxygens (including phenoxy) is 2. The number of hydrogen-bond donors (Lipinski definition) is 2. The number of sulfonamides is 1. The van der Waals surface area contributed by atoms with E-state index in [0.29, 0.717) is 17.1 Å². The van der Waals surface area contributed by atoms with Gasteiger partial charge in [0.1, 0.15) is 22.2 Å². The summed E-state index contributed by atoms with van der Waals surface area (Å²) in [4.78, 5) is 16.9. The van der Waals surface area contributed by atoms with Gasteiger partial charge in [-0.05, 0) is 36.4 Å². The molecule has 0 unspecified atom stereocenters. The Bertz CT molecular complexity index is 1280. The number of aromatic nitrogens is 1. The average molecular weight is 509 g/mol. The number of anilines is 2. The number of nitrogens with one attached hydrogen (secondary N) is 2. The molecule has 0 aliphatic carbocycles. The summed E-state index contributed by atoms with van der Waals surface area (Å²) in [6.45, 7) is 1.07. The largest absolute Gasteiger partial charge is 0.495 e. The van der Waals surface area contributed by atoms with Crippen LogP contribution in [0.3, 0.4) is 0 Å². The normalized spacial score (nSPS) is 11.4. The molecule has 0 saturated carbocycles. The number of carbonyl (C=O) groups is 1. The third-order valence-corrected chi connectivity index (χ3v) is 7.71. The SMILES string of the molecule is CCN(CC(=O)Nc1cc(-c2csc(NC)n2)ccc1OC)S(=O)(=O)c1cc(F)ccc1OC. The summed E-state index contributed by atoms with van der Waals surface area (Å²) >= 11 is 1.44. The summed E-state index contributed by atoms with van der Waals surface area (Å²) in [5.74, 6) is -0.937. The lowest BCUT2D eigenvalue weighted by molar-refractivity contribution is -0.116. The van der Waals surface area contributed by atoms with Gasteiger partial charge in [-0.15, -0.1) is 11.3 Å². The highest BCUT2D eigenvalue weighted by molar-refractivity contribution is 7.89. The Balaban J connectivity index is 1.85. The predicted octanol–water partition coefficient (Wildman–Crippen LogP) is 3.66. The Hall–Kier alpha value is -3.22. The van der Waals surface area contributed by atoms with E-state index in [1.165, 1.54) is 31.6 Å². The van der Waals surface area contributed by atoms with Gasteiger partial charge in [0.2, 0.25) is 15.9 Å². The van der Waals surface area contributed by atoms with Crippen molar-refractivity contribution in [2.45, 2.75) is 11.8 Å². The standard InChI is InChI=1S/C22H25FN4O5S2/c1-5-27(34(29,30)20-11-15(23)7-9-19(20)32-4)12-21(28)25-16-10-14(6-8-18(16)31-3)17-13-33-22(24-2)26-17/h6-11,13H,5,12H2,1-4H3,(H,24,26)(H,25,28). The van der Waals surface area contributed by atoms with Gasteiger partial charge in [-0.3, -0.25) is 4.79 Å². The lowest BCUT2D eigenvalue weighted by Gasteiger charge is -2.21. The van der Waals surface area contributed by atoms with E-state index in [1.807, 2.05) is 11.4 Å². The van der Waals surface area contributed by atoms with Crippen molar-refractivity contribution in [2.24, 2.45) is 0 Å². The number of amides is 1. The van der Waals surface area contributed by atoms with Crippen LogP contribution in [0.15, 0.2) is 46.7 Å². The molecular weight excluding hydrogens is 483 g/mol. The topological polar surface area (TPSA) is 110 Å². The van der Waals surface area contributed by atoms with Crippen LogP contribution in [0, 0.1) is 5.82 Å². The van der Waals surface area contributed by atoms with Gasteiger partial charge in [0.25, 0.3) is 0 Å². The fraction of sp³-hybridized carbons (Fsp3) is 0.273. The molecule has 0 bridgehead atoms. The summed E-state index contributed by atoms with van der Waals surface area (Å²) in [5, 5.41) is 8.29. The van der Waals surface area contributed by atoms with Gasteiger partial charge in [-0.2, -0.15) is 4.31 Å². The highest BCUT2D eigenvalue weighted by atomic mass is 32.2. The van der Waals surface area contributed by atoms with Crippen LogP contribution in [0.25, 0.3) is 11.3 Å². The van der Waals surface area contributed by atoms with Gasteiger partial charge in [-0.1, -0.05) is 6.92 Å². The molecule has 0 aliphatic heterocycles. The molecule has 1 heterocycles. The van der Waals surface area contributed by atoms with E-state index in [1.54, 1.807) is 26.1 Å². The second-order valence-corrected chi connectivity index (χ2v) is 9.74. The first kappa shape index (κ1) is 25.4. The minimum Gasteiger partial charge on any atom is -0.495 e. The molecule has 2 aromatic carbocycles. The van der Waals surface area contributed by atoms with Gasteiger partial charge in [0.05, 0.1) is 32.1 Å². The Morgan fingerprint density at radius 2 is 1.85 bits per heavy atom. The highest BCUT2D eigenvalue weighted by Crippen LogP contribution is 2.32. The maximum Gasteiger partial charge on any atom is 0.247 e. The van der Waals surface area contributed by atoms with Crippen LogP contribution >= 0.6 is 11.3 Å². The third-order valence-electron chi connectivity index (χ3n) is 4.90. The molecule has 0 fully saturated rings. The smallest absolute Gasteiger partial charge is 0.247 e. The quantitative estimate of drug-likeness (QED) is 0.430. The average Bonchev–Trinajstić information content (AvgIpc) is 3.31. The van der Waals surface area contributed by atoms with Crippen LogP contribution in [0.1, 0.15) is 6.92 Å². The monoisotopic (exact) mass is 508 g/mol. The summed E-state index contributed by atoms with van der Waals surface area (Å²) < 4.78 is 51.4. The van der Waals surface area contributed by atoms with Crippen molar-refractivity contribution in [2.75, 3.05) is 45.0 Å². The number of nitrogens with zero attached hydrogens (tertiary/aromatic N) is 2. The molecule has 9 nitrogen and oxygen atoms in total. The molecule has 12 heteroatoms. The van der Waals surface area contributed by atoms with Crippen LogP contribution in [0.2, 0.25) is 0 Å². The van der Waals surface area contributed by atoms with E-state index in [-0.39, 0.29) is 17.2 Å². The number of carbonyl (C=O) groups excluding carboxylic acids is 1. The Kier molecular flexibility index (Phi) is 8.07. The number of hydrogen-bond acceptors (Lipinski definition) is 8. The molecule has 182 valence electrons. The maximum atomic E-state index is 13.8. The lowest BCUT2D eigenvalue weighted by atomic mass is 10.1. The van der Waals surface area contributed by atoms with Crippen molar-refractivity contribution in [1.29, 1.82) is 0 Å². The highest BCUT2D eigenvalue weighted by Gasteiger charge is 2.29. The number of benzene rings is 2. The summed E-state index contributed by atoms with van der Waals surface area (Å²) in [7, 11) is 0.315. The molecule has 0 atom stereocenters. The van der Waals surface area contributed by atoms with Crippen LogP contribution < -0.4 is 20.1 Å². The molecule has 34 heavy (non-hydrogen) atoms. The summed E-state index contributed by atoms with van der Waals surface area (Å²) in [6, 6.07) is 8.39.